The Bertz CT molecular complexity index is 347. The lowest BCUT2D eigenvalue weighted by atomic mass is 9.84. The summed E-state index contributed by atoms with van der Waals surface area (Å²) in [5.74, 6) is 0.389. The third-order valence-electron chi connectivity index (χ3n) is 5.66. The molecule has 116 valence electrons. The number of likely N-dealkylation sites (tertiary alicyclic amines) is 1. The van der Waals surface area contributed by atoms with Crippen molar-refractivity contribution in [2.45, 2.75) is 64.0 Å². The fourth-order valence-electron chi connectivity index (χ4n) is 4.20. The minimum absolute atomic E-state index is 0.273. The Balaban J connectivity index is 1.94. The molecule has 4 nitrogen and oxygen atoms in total. The number of aliphatic carboxylic acids is 1. The lowest BCUT2D eigenvalue weighted by molar-refractivity contribution is -0.146. The average molecular weight is 282 g/mol. The molecule has 1 heterocycles. The van der Waals surface area contributed by atoms with E-state index in [-0.39, 0.29) is 5.92 Å². The van der Waals surface area contributed by atoms with Crippen LogP contribution in [0.4, 0.5) is 0 Å². The summed E-state index contributed by atoms with van der Waals surface area (Å²) in [4.78, 5) is 14.2. The fraction of sp³-hybridized carbons (Fsp3) is 0.938. The quantitative estimate of drug-likeness (QED) is 0.812. The molecule has 2 fully saturated rings. The Morgan fingerprint density at radius 3 is 2.75 bits per heavy atom. The van der Waals surface area contributed by atoms with Crippen LogP contribution < -0.4 is 5.32 Å². The molecule has 20 heavy (non-hydrogen) atoms. The summed E-state index contributed by atoms with van der Waals surface area (Å²) in [5, 5.41) is 12.7. The predicted molar refractivity (Wildman–Crippen MR) is 80.8 cm³/mol. The van der Waals surface area contributed by atoms with Gasteiger partial charge in [0.2, 0.25) is 0 Å². The fourth-order valence-corrected chi connectivity index (χ4v) is 4.20. The van der Waals surface area contributed by atoms with Crippen LogP contribution in [0.25, 0.3) is 0 Å². The molecule has 4 heteroatoms. The van der Waals surface area contributed by atoms with Gasteiger partial charge < -0.3 is 15.3 Å². The van der Waals surface area contributed by atoms with Gasteiger partial charge in [-0.25, -0.2) is 0 Å². The monoisotopic (exact) mass is 282 g/mol. The van der Waals surface area contributed by atoms with Crippen LogP contribution in [-0.2, 0) is 4.79 Å². The van der Waals surface area contributed by atoms with Crippen molar-refractivity contribution in [2.75, 3.05) is 20.1 Å². The van der Waals surface area contributed by atoms with Crippen LogP contribution in [0.3, 0.4) is 0 Å². The maximum absolute atomic E-state index is 11.7. The Hall–Kier alpha value is -0.610. The topological polar surface area (TPSA) is 52.6 Å². The van der Waals surface area contributed by atoms with E-state index in [2.05, 4.69) is 24.1 Å². The molecule has 2 rings (SSSR count). The van der Waals surface area contributed by atoms with Gasteiger partial charge in [-0.3, -0.25) is 4.79 Å². The highest BCUT2D eigenvalue weighted by Crippen LogP contribution is 2.38. The summed E-state index contributed by atoms with van der Waals surface area (Å²) >= 11 is 0. The Morgan fingerprint density at radius 1 is 1.35 bits per heavy atom. The maximum atomic E-state index is 11.7. The van der Waals surface area contributed by atoms with E-state index < -0.39 is 11.5 Å². The summed E-state index contributed by atoms with van der Waals surface area (Å²) in [7, 11) is 1.80. The number of carboxylic acids is 1. The molecule has 4 atom stereocenters. The third kappa shape index (κ3) is 3.01. The van der Waals surface area contributed by atoms with Crippen LogP contribution in [-0.4, -0.2) is 47.7 Å². The van der Waals surface area contributed by atoms with Crippen LogP contribution in [0.1, 0.15) is 52.4 Å². The van der Waals surface area contributed by atoms with Crippen LogP contribution >= 0.6 is 0 Å². The van der Waals surface area contributed by atoms with Gasteiger partial charge in [-0.05, 0) is 64.5 Å². The molecule has 2 N–H and O–H groups in total. The number of piperidine rings is 1. The number of nitrogens with one attached hydrogen (secondary N) is 1. The molecule has 0 spiro atoms. The highest BCUT2D eigenvalue weighted by atomic mass is 16.4. The van der Waals surface area contributed by atoms with Gasteiger partial charge in [0, 0.05) is 12.6 Å². The lowest BCUT2D eigenvalue weighted by Crippen LogP contribution is -2.54. The van der Waals surface area contributed by atoms with E-state index in [0.29, 0.717) is 6.04 Å². The minimum Gasteiger partial charge on any atom is -0.480 e. The standard InChI is InChI=1S/C16H30N2O2/c1-12-6-7-13(2)18(11-12)10-8-14-5-4-9-16(14,17-3)15(19)20/h12-14,17H,4-11H2,1-3H3,(H,19,20). The maximum Gasteiger partial charge on any atom is 0.324 e. The minimum atomic E-state index is -0.676. The van der Waals surface area contributed by atoms with Crippen molar-refractivity contribution in [2.24, 2.45) is 11.8 Å². The van der Waals surface area contributed by atoms with E-state index in [1.807, 2.05) is 0 Å². The van der Waals surface area contributed by atoms with Gasteiger partial charge in [0.15, 0.2) is 0 Å². The number of rotatable bonds is 5. The van der Waals surface area contributed by atoms with E-state index in [0.717, 1.165) is 38.1 Å². The van der Waals surface area contributed by atoms with Crippen LogP contribution in [0.5, 0.6) is 0 Å². The molecule has 1 aliphatic carbocycles. The summed E-state index contributed by atoms with van der Waals surface area (Å²) in [5.41, 5.74) is -0.676. The highest BCUT2D eigenvalue weighted by molar-refractivity contribution is 5.79. The van der Waals surface area contributed by atoms with Crippen molar-refractivity contribution < 1.29 is 9.90 Å². The number of carboxylic acid groups (broad SMARTS) is 1. The van der Waals surface area contributed by atoms with Gasteiger partial charge in [0.25, 0.3) is 0 Å². The molecule has 1 aliphatic heterocycles. The van der Waals surface area contributed by atoms with Crippen molar-refractivity contribution in [3.05, 3.63) is 0 Å². The molecular formula is C16H30N2O2. The number of carbonyl (C=O) groups is 1. The first-order valence-electron chi connectivity index (χ1n) is 8.16. The third-order valence-corrected chi connectivity index (χ3v) is 5.66. The molecule has 2 aliphatic rings. The van der Waals surface area contributed by atoms with Crippen molar-refractivity contribution in [1.82, 2.24) is 10.2 Å². The van der Waals surface area contributed by atoms with Gasteiger partial charge in [0.1, 0.15) is 5.54 Å². The molecular weight excluding hydrogens is 252 g/mol. The van der Waals surface area contributed by atoms with Crippen LogP contribution in [0, 0.1) is 11.8 Å². The first-order chi connectivity index (χ1) is 9.49. The van der Waals surface area contributed by atoms with Gasteiger partial charge in [-0.1, -0.05) is 13.3 Å². The molecule has 0 aromatic rings. The second-order valence-corrected chi connectivity index (χ2v) is 6.93. The van der Waals surface area contributed by atoms with Gasteiger partial charge in [0.05, 0.1) is 0 Å². The molecule has 4 unspecified atom stereocenters. The molecule has 0 radical (unpaired) electrons. The number of hydrogen-bond acceptors (Lipinski definition) is 3. The highest BCUT2D eigenvalue weighted by Gasteiger charge is 2.47. The van der Waals surface area contributed by atoms with E-state index in [9.17, 15) is 9.90 Å². The lowest BCUT2D eigenvalue weighted by Gasteiger charge is -2.39. The number of nitrogens with zero attached hydrogens (tertiary/aromatic N) is 1. The zero-order valence-corrected chi connectivity index (χ0v) is 13.2. The van der Waals surface area contributed by atoms with Crippen molar-refractivity contribution in [3.8, 4) is 0 Å². The summed E-state index contributed by atoms with van der Waals surface area (Å²) in [6.07, 6.45) is 6.47. The molecule has 0 aromatic heterocycles. The first kappa shape index (κ1) is 15.8. The largest absolute Gasteiger partial charge is 0.480 e. The summed E-state index contributed by atoms with van der Waals surface area (Å²) in [6.45, 7) is 6.85. The first-order valence-corrected chi connectivity index (χ1v) is 8.16. The number of hydrogen-bond donors (Lipinski definition) is 2. The summed E-state index contributed by atoms with van der Waals surface area (Å²) < 4.78 is 0. The Labute approximate surface area is 122 Å². The average Bonchev–Trinajstić information content (AvgIpc) is 2.84. The van der Waals surface area contributed by atoms with E-state index in [4.69, 9.17) is 0 Å². The van der Waals surface area contributed by atoms with Gasteiger partial charge in [-0.15, -0.1) is 0 Å². The normalized spacial score (nSPS) is 39.0. The Morgan fingerprint density at radius 2 is 2.10 bits per heavy atom. The predicted octanol–water partition coefficient (Wildman–Crippen LogP) is 2.34. The second-order valence-electron chi connectivity index (χ2n) is 6.93. The van der Waals surface area contributed by atoms with Crippen LogP contribution in [0.2, 0.25) is 0 Å². The van der Waals surface area contributed by atoms with E-state index >= 15 is 0 Å². The smallest absolute Gasteiger partial charge is 0.324 e. The van der Waals surface area contributed by atoms with Crippen LogP contribution in [0.15, 0.2) is 0 Å². The number of likely N-dealkylation sites (N-methyl/N-ethyl adjacent to an activating group) is 1. The molecule has 0 bridgehead atoms. The molecule has 0 amide bonds. The SMILES string of the molecule is CNC1(C(=O)O)CCCC1CCN1CC(C)CCC1C. The van der Waals surface area contributed by atoms with E-state index in [1.54, 1.807) is 7.05 Å². The Kier molecular flexibility index (Phi) is 5.08. The zero-order valence-electron chi connectivity index (χ0n) is 13.2. The van der Waals surface area contributed by atoms with Gasteiger partial charge >= 0.3 is 5.97 Å². The van der Waals surface area contributed by atoms with Crippen molar-refractivity contribution in [3.63, 3.8) is 0 Å². The van der Waals surface area contributed by atoms with E-state index in [1.165, 1.54) is 19.4 Å². The van der Waals surface area contributed by atoms with Crippen molar-refractivity contribution in [1.29, 1.82) is 0 Å². The van der Waals surface area contributed by atoms with Crippen molar-refractivity contribution >= 4 is 5.97 Å². The summed E-state index contributed by atoms with van der Waals surface area (Å²) in [6, 6.07) is 0.654. The molecule has 1 saturated heterocycles. The second kappa shape index (κ2) is 6.44. The zero-order chi connectivity index (χ0) is 14.8. The molecule has 1 saturated carbocycles. The molecule has 0 aromatic carbocycles. The van der Waals surface area contributed by atoms with Gasteiger partial charge in [-0.2, -0.15) is 0 Å².